The van der Waals surface area contributed by atoms with Crippen LogP contribution in [0, 0.1) is 10.1 Å². The molecule has 10 heteroatoms. The fraction of sp³-hybridized carbons (Fsp3) is 0.111. The number of nitro groups is 1. The van der Waals surface area contributed by atoms with Crippen molar-refractivity contribution in [3.8, 4) is 5.88 Å². The van der Waals surface area contributed by atoms with E-state index in [0.717, 1.165) is 16.7 Å². The number of rotatable bonds is 7. The maximum Gasteiger partial charge on any atom is 0.300 e. The van der Waals surface area contributed by atoms with Crippen LogP contribution in [0.4, 0.5) is 11.4 Å². The van der Waals surface area contributed by atoms with E-state index in [2.05, 4.69) is 4.90 Å². The number of aromatic hydroxyl groups is 1. The Hall–Kier alpha value is -4.96. The van der Waals surface area contributed by atoms with Gasteiger partial charge in [-0.25, -0.2) is 9.56 Å². The van der Waals surface area contributed by atoms with Gasteiger partial charge in [0.1, 0.15) is 5.71 Å². The summed E-state index contributed by atoms with van der Waals surface area (Å²) in [5.41, 5.74) is 2.03. The molecule has 0 bridgehead atoms. The minimum absolute atomic E-state index is 0.0433. The van der Waals surface area contributed by atoms with Crippen LogP contribution in [0.1, 0.15) is 27.4 Å². The lowest BCUT2D eigenvalue weighted by atomic mass is 10.1. The number of non-ortho nitro benzene ring substituents is 1. The van der Waals surface area contributed by atoms with Crippen molar-refractivity contribution < 1.29 is 23.7 Å². The van der Waals surface area contributed by atoms with Gasteiger partial charge in [0.05, 0.1) is 34.2 Å². The molecule has 3 aromatic heterocycles. The molecule has 0 amide bonds. The van der Waals surface area contributed by atoms with Crippen LogP contribution in [-0.2, 0) is 6.54 Å². The summed E-state index contributed by atoms with van der Waals surface area (Å²) in [6, 6.07) is 18.0. The van der Waals surface area contributed by atoms with Gasteiger partial charge in [0, 0.05) is 24.1 Å². The van der Waals surface area contributed by atoms with E-state index in [1.165, 1.54) is 42.9 Å². The lowest BCUT2D eigenvalue weighted by molar-refractivity contribution is -0.384. The smallest absolute Gasteiger partial charge is 0.300 e. The van der Waals surface area contributed by atoms with Crippen molar-refractivity contribution in [1.82, 2.24) is 9.47 Å². The molecular weight excluding hydrogens is 476 g/mol. The maximum absolute atomic E-state index is 13.3. The van der Waals surface area contributed by atoms with Gasteiger partial charge in [0.25, 0.3) is 5.69 Å². The predicted octanol–water partition coefficient (Wildman–Crippen LogP) is 5.36. The third-order valence-corrected chi connectivity index (χ3v) is 5.74. The molecule has 0 aliphatic heterocycles. The number of hydrogen-bond acceptors (Lipinski definition) is 8. The molecule has 0 aliphatic carbocycles. The standard InChI is InChI=1S/C27H22N4O6/c1-29(2)16-17-7-9-18(10-8-17)28-25(22-5-3-13-36-22)24-20-12-11-19(31(34)35)15-21(20)30(27(24)33)26(32)23-6-4-14-37-23/h3-15,33H,16H2,1-2H3. The minimum Gasteiger partial charge on any atom is -0.494 e. The molecule has 0 unspecified atom stereocenters. The van der Waals surface area contributed by atoms with Gasteiger partial charge in [0.2, 0.25) is 5.88 Å². The predicted molar refractivity (Wildman–Crippen MR) is 137 cm³/mol. The molecule has 0 atom stereocenters. The Morgan fingerprint density at radius 2 is 1.70 bits per heavy atom. The Bertz CT molecular complexity index is 1610. The van der Waals surface area contributed by atoms with Gasteiger partial charge in [0.15, 0.2) is 11.5 Å². The molecule has 5 aromatic rings. The van der Waals surface area contributed by atoms with Crippen LogP contribution in [0.3, 0.4) is 0 Å². The average Bonchev–Trinajstić information content (AvgIpc) is 3.63. The second-order valence-electron chi connectivity index (χ2n) is 8.62. The van der Waals surface area contributed by atoms with Crippen LogP contribution < -0.4 is 0 Å². The fourth-order valence-corrected chi connectivity index (χ4v) is 4.14. The summed E-state index contributed by atoms with van der Waals surface area (Å²) >= 11 is 0. The summed E-state index contributed by atoms with van der Waals surface area (Å²) in [5, 5.41) is 23.3. The number of aromatic nitrogens is 1. The minimum atomic E-state index is -0.689. The van der Waals surface area contributed by atoms with Crippen LogP contribution in [-0.4, -0.2) is 45.2 Å². The molecule has 0 saturated heterocycles. The first-order chi connectivity index (χ1) is 17.8. The first kappa shape index (κ1) is 23.8. The molecule has 0 saturated carbocycles. The third kappa shape index (κ3) is 4.53. The van der Waals surface area contributed by atoms with Crippen LogP contribution >= 0.6 is 0 Å². The van der Waals surface area contributed by atoms with Crippen molar-refractivity contribution in [2.24, 2.45) is 4.99 Å². The lowest BCUT2D eigenvalue weighted by Gasteiger charge is -2.10. The quantitative estimate of drug-likeness (QED) is 0.182. The molecule has 37 heavy (non-hydrogen) atoms. The van der Waals surface area contributed by atoms with Crippen molar-refractivity contribution in [3.63, 3.8) is 0 Å². The number of furan rings is 2. The van der Waals surface area contributed by atoms with E-state index in [1.807, 2.05) is 38.4 Å². The zero-order chi connectivity index (χ0) is 26.1. The van der Waals surface area contributed by atoms with Crippen LogP contribution in [0.25, 0.3) is 10.9 Å². The Kier molecular flexibility index (Phi) is 6.16. The first-order valence-electron chi connectivity index (χ1n) is 11.3. The number of aliphatic imine (C=N–C) groups is 1. The second kappa shape index (κ2) is 9.59. The largest absolute Gasteiger partial charge is 0.494 e. The van der Waals surface area contributed by atoms with Gasteiger partial charge in [-0.3, -0.25) is 14.9 Å². The normalized spacial score (nSPS) is 11.9. The molecule has 2 aromatic carbocycles. The van der Waals surface area contributed by atoms with E-state index in [-0.39, 0.29) is 28.2 Å². The molecular formula is C27H22N4O6. The SMILES string of the molecule is CN(C)Cc1ccc(N=C(c2ccco2)c2c(O)n(C(=O)c3ccco3)c3cc([N+](=O)[O-])ccc23)cc1. The number of nitrogens with zero attached hydrogens (tertiary/aromatic N) is 4. The van der Waals surface area contributed by atoms with Gasteiger partial charge in [-0.2, -0.15) is 0 Å². The number of hydrogen-bond donors (Lipinski definition) is 1. The monoisotopic (exact) mass is 498 g/mol. The molecule has 0 radical (unpaired) electrons. The molecule has 10 nitrogen and oxygen atoms in total. The van der Waals surface area contributed by atoms with E-state index in [1.54, 1.807) is 12.1 Å². The molecule has 3 heterocycles. The molecule has 186 valence electrons. The van der Waals surface area contributed by atoms with E-state index in [9.17, 15) is 20.0 Å². The number of nitro benzene ring substituents is 1. The van der Waals surface area contributed by atoms with Gasteiger partial charge >= 0.3 is 5.91 Å². The number of benzene rings is 2. The topological polar surface area (TPSA) is 127 Å². The van der Waals surface area contributed by atoms with Gasteiger partial charge in [-0.05, 0) is 62.1 Å². The van der Waals surface area contributed by atoms with E-state index in [4.69, 9.17) is 13.8 Å². The first-order valence-corrected chi connectivity index (χ1v) is 11.3. The fourth-order valence-electron chi connectivity index (χ4n) is 4.14. The van der Waals surface area contributed by atoms with Gasteiger partial charge in [-0.1, -0.05) is 12.1 Å². The lowest BCUT2D eigenvalue weighted by Crippen LogP contribution is -2.11. The number of carbonyl (C=O) groups excluding carboxylic acids is 1. The van der Waals surface area contributed by atoms with Crippen molar-refractivity contribution in [3.05, 3.63) is 112 Å². The van der Waals surface area contributed by atoms with Crippen LogP contribution in [0.15, 0.2) is 93.1 Å². The van der Waals surface area contributed by atoms with Gasteiger partial charge in [-0.15, -0.1) is 0 Å². The molecule has 5 rings (SSSR count). The second-order valence-corrected chi connectivity index (χ2v) is 8.62. The zero-order valence-electron chi connectivity index (χ0n) is 20.0. The zero-order valence-corrected chi connectivity index (χ0v) is 20.0. The Morgan fingerprint density at radius 3 is 2.30 bits per heavy atom. The van der Waals surface area contributed by atoms with Crippen LogP contribution in [0.2, 0.25) is 0 Å². The third-order valence-electron chi connectivity index (χ3n) is 5.74. The Balaban J connectivity index is 1.74. The Labute approximate surface area is 210 Å². The van der Waals surface area contributed by atoms with E-state index < -0.39 is 16.7 Å². The Morgan fingerprint density at radius 1 is 1.03 bits per heavy atom. The van der Waals surface area contributed by atoms with Crippen molar-refractivity contribution >= 4 is 33.9 Å². The molecule has 0 fully saturated rings. The van der Waals surface area contributed by atoms with E-state index in [0.29, 0.717) is 16.8 Å². The highest BCUT2D eigenvalue weighted by Crippen LogP contribution is 2.37. The molecule has 0 spiro atoms. The van der Waals surface area contributed by atoms with Crippen molar-refractivity contribution in [1.29, 1.82) is 0 Å². The van der Waals surface area contributed by atoms with Crippen molar-refractivity contribution in [2.75, 3.05) is 14.1 Å². The highest BCUT2D eigenvalue weighted by Gasteiger charge is 2.29. The summed E-state index contributed by atoms with van der Waals surface area (Å²) in [6.07, 6.45) is 2.80. The number of fused-ring (bicyclic) bond motifs is 1. The van der Waals surface area contributed by atoms with Crippen molar-refractivity contribution in [2.45, 2.75) is 6.54 Å². The van der Waals surface area contributed by atoms with Gasteiger partial charge < -0.3 is 18.8 Å². The highest BCUT2D eigenvalue weighted by molar-refractivity contribution is 6.22. The van der Waals surface area contributed by atoms with Crippen LogP contribution in [0.5, 0.6) is 5.88 Å². The summed E-state index contributed by atoms with van der Waals surface area (Å²) in [6.45, 7) is 0.761. The summed E-state index contributed by atoms with van der Waals surface area (Å²) in [5.74, 6) is -0.837. The molecule has 1 N–H and O–H groups in total. The summed E-state index contributed by atoms with van der Waals surface area (Å²) < 4.78 is 11.9. The number of carbonyl (C=O) groups is 1. The summed E-state index contributed by atoms with van der Waals surface area (Å²) in [4.78, 5) is 31.0. The highest BCUT2D eigenvalue weighted by atomic mass is 16.6. The molecule has 0 aliphatic rings. The van der Waals surface area contributed by atoms with E-state index >= 15 is 0 Å². The average molecular weight is 498 g/mol. The maximum atomic E-state index is 13.3. The summed E-state index contributed by atoms with van der Waals surface area (Å²) in [7, 11) is 3.96.